The predicted octanol–water partition coefficient (Wildman–Crippen LogP) is 0.311. The van der Waals surface area contributed by atoms with Gasteiger partial charge in [0.2, 0.25) is 0 Å². The maximum Gasteiger partial charge on any atom is 0.328 e. The van der Waals surface area contributed by atoms with Gasteiger partial charge in [0.25, 0.3) is 5.91 Å². The zero-order valence-corrected chi connectivity index (χ0v) is 8.97. The van der Waals surface area contributed by atoms with Crippen molar-refractivity contribution < 1.29 is 9.32 Å². The third-order valence-corrected chi connectivity index (χ3v) is 1.92. The number of pyridine rings is 1. The number of aromatic nitrogens is 3. The third kappa shape index (κ3) is 2.55. The summed E-state index contributed by atoms with van der Waals surface area (Å²) in [5.41, 5.74) is 2.73. The van der Waals surface area contributed by atoms with E-state index in [2.05, 4.69) is 25.9 Å². The number of rotatable bonds is 3. The summed E-state index contributed by atoms with van der Waals surface area (Å²) in [6, 6.07) is 3.09. The van der Waals surface area contributed by atoms with Gasteiger partial charge in [-0.2, -0.15) is 4.98 Å². The molecule has 2 aromatic heterocycles. The van der Waals surface area contributed by atoms with Crippen molar-refractivity contribution in [2.45, 2.75) is 6.92 Å². The molecule has 0 unspecified atom stereocenters. The van der Waals surface area contributed by atoms with E-state index in [0.29, 0.717) is 17.2 Å². The number of nitrogens with one attached hydrogen (secondary N) is 2. The molecule has 0 bridgehead atoms. The zero-order chi connectivity index (χ0) is 12.3. The maximum absolute atomic E-state index is 11.8. The molecule has 0 aliphatic carbocycles. The number of hydrazine groups is 1. The molecule has 0 spiro atoms. The first-order chi connectivity index (χ1) is 8.19. The molecule has 0 saturated carbocycles. The number of carbonyl (C=O) groups excluding carboxylic acids is 1. The molecule has 0 aliphatic heterocycles. The Morgan fingerprint density at radius 3 is 3.00 bits per heavy atom. The lowest BCUT2D eigenvalue weighted by atomic mass is 10.2. The first-order valence-electron chi connectivity index (χ1n) is 4.73. The van der Waals surface area contributed by atoms with E-state index in [1.54, 1.807) is 13.0 Å². The smallest absolute Gasteiger partial charge is 0.315 e. The van der Waals surface area contributed by atoms with Crippen molar-refractivity contribution in [3.05, 3.63) is 29.7 Å². The number of aryl methyl sites for hydroxylation is 1. The van der Waals surface area contributed by atoms with Crippen molar-refractivity contribution in [3.8, 4) is 0 Å². The van der Waals surface area contributed by atoms with E-state index in [9.17, 15) is 4.79 Å². The van der Waals surface area contributed by atoms with Crippen LogP contribution in [0.4, 0.5) is 11.8 Å². The van der Waals surface area contributed by atoms with E-state index in [-0.39, 0.29) is 11.9 Å². The van der Waals surface area contributed by atoms with Crippen LogP contribution in [0.15, 0.2) is 22.9 Å². The molecule has 2 rings (SSSR count). The summed E-state index contributed by atoms with van der Waals surface area (Å²) >= 11 is 0. The molecule has 88 valence electrons. The molecule has 2 aromatic rings. The van der Waals surface area contributed by atoms with Gasteiger partial charge in [-0.3, -0.25) is 10.1 Å². The lowest BCUT2D eigenvalue weighted by Gasteiger charge is -2.02. The van der Waals surface area contributed by atoms with E-state index in [4.69, 9.17) is 10.4 Å². The van der Waals surface area contributed by atoms with Crippen LogP contribution in [0, 0.1) is 6.92 Å². The molecule has 0 atom stereocenters. The van der Waals surface area contributed by atoms with E-state index in [0.717, 1.165) is 0 Å². The third-order valence-electron chi connectivity index (χ3n) is 1.92. The highest BCUT2D eigenvalue weighted by molar-refractivity contribution is 6.03. The number of hydrogen-bond donors (Lipinski definition) is 3. The van der Waals surface area contributed by atoms with Gasteiger partial charge in [0.05, 0.1) is 0 Å². The standard InChI is InChI=1S/C9H10N6O2/c1-5-12-9(17-15-5)13-8(16)6-2-3-11-7(4-6)14-10/h2-4H,10H2,1H3,(H,11,14)(H,12,13,15,16). The van der Waals surface area contributed by atoms with Crippen molar-refractivity contribution in [2.75, 3.05) is 10.7 Å². The van der Waals surface area contributed by atoms with Crippen LogP contribution < -0.4 is 16.6 Å². The van der Waals surface area contributed by atoms with Crippen LogP contribution in [0.25, 0.3) is 0 Å². The second-order valence-electron chi connectivity index (χ2n) is 3.17. The van der Waals surface area contributed by atoms with Gasteiger partial charge in [-0.15, -0.1) is 0 Å². The second kappa shape index (κ2) is 4.58. The Bertz CT molecular complexity index is 538. The molecule has 0 radical (unpaired) electrons. The Kier molecular flexibility index (Phi) is 2.97. The van der Waals surface area contributed by atoms with E-state index in [1.165, 1.54) is 12.3 Å². The average molecular weight is 234 g/mol. The second-order valence-corrected chi connectivity index (χ2v) is 3.17. The number of amides is 1. The number of nitrogen functional groups attached to an aromatic ring is 1. The van der Waals surface area contributed by atoms with Gasteiger partial charge in [-0.05, 0) is 19.1 Å². The highest BCUT2D eigenvalue weighted by atomic mass is 16.5. The van der Waals surface area contributed by atoms with E-state index in [1.807, 2.05) is 0 Å². The minimum absolute atomic E-state index is 0.0477. The van der Waals surface area contributed by atoms with Crippen molar-refractivity contribution in [2.24, 2.45) is 5.84 Å². The van der Waals surface area contributed by atoms with Gasteiger partial charge in [0.1, 0.15) is 5.82 Å². The first kappa shape index (κ1) is 11.0. The SMILES string of the molecule is Cc1noc(NC(=O)c2ccnc(NN)c2)n1. The monoisotopic (exact) mass is 234 g/mol. The van der Waals surface area contributed by atoms with Crippen LogP contribution in [0.5, 0.6) is 0 Å². The Balaban J connectivity index is 2.14. The molecule has 0 aromatic carbocycles. The summed E-state index contributed by atoms with van der Waals surface area (Å²) < 4.78 is 4.76. The molecule has 1 amide bonds. The molecule has 0 saturated heterocycles. The van der Waals surface area contributed by atoms with Gasteiger partial charge in [0, 0.05) is 11.8 Å². The summed E-state index contributed by atoms with van der Waals surface area (Å²) in [5.74, 6) is 5.64. The number of anilines is 2. The highest BCUT2D eigenvalue weighted by Crippen LogP contribution is 2.09. The number of hydrogen-bond acceptors (Lipinski definition) is 7. The van der Waals surface area contributed by atoms with Crippen molar-refractivity contribution in [3.63, 3.8) is 0 Å². The van der Waals surface area contributed by atoms with E-state index < -0.39 is 0 Å². The van der Waals surface area contributed by atoms with Crippen molar-refractivity contribution >= 4 is 17.7 Å². The molecule has 4 N–H and O–H groups in total. The Labute approximate surface area is 96.2 Å². The van der Waals surface area contributed by atoms with Crippen LogP contribution in [-0.4, -0.2) is 21.0 Å². The molecular weight excluding hydrogens is 224 g/mol. The summed E-state index contributed by atoms with van der Waals surface area (Å²) in [4.78, 5) is 19.5. The number of nitrogens with zero attached hydrogens (tertiary/aromatic N) is 3. The molecule has 17 heavy (non-hydrogen) atoms. The van der Waals surface area contributed by atoms with Gasteiger partial charge in [0.15, 0.2) is 5.82 Å². The molecule has 8 nitrogen and oxygen atoms in total. The fraction of sp³-hybridized carbons (Fsp3) is 0.111. The zero-order valence-electron chi connectivity index (χ0n) is 8.97. The normalized spacial score (nSPS) is 10.0. The topological polar surface area (TPSA) is 119 Å². The van der Waals surface area contributed by atoms with Gasteiger partial charge < -0.3 is 9.95 Å². The van der Waals surface area contributed by atoms with Crippen LogP contribution >= 0.6 is 0 Å². The lowest BCUT2D eigenvalue weighted by molar-refractivity contribution is 0.102. The van der Waals surface area contributed by atoms with E-state index >= 15 is 0 Å². The lowest BCUT2D eigenvalue weighted by Crippen LogP contribution is -2.14. The summed E-state index contributed by atoms with van der Waals surface area (Å²) in [7, 11) is 0. The fourth-order valence-corrected chi connectivity index (χ4v) is 1.17. The van der Waals surface area contributed by atoms with Gasteiger partial charge in [-0.25, -0.2) is 10.8 Å². The minimum atomic E-state index is -0.382. The Morgan fingerprint density at radius 2 is 2.35 bits per heavy atom. The minimum Gasteiger partial charge on any atom is -0.315 e. The Hall–Kier alpha value is -2.48. The molecular formula is C9H10N6O2. The van der Waals surface area contributed by atoms with Gasteiger partial charge in [-0.1, -0.05) is 5.16 Å². The number of carbonyl (C=O) groups is 1. The quantitative estimate of drug-likeness (QED) is 0.516. The fourth-order valence-electron chi connectivity index (χ4n) is 1.17. The van der Waals surface area contributed by atoms with Crippen molar-refractivity contribution in [1.29, 1.82) is 0 Å². The van der Waals surface area contributed by atoms with Crippen LogP contribution in [0.3, 0.4) is 0 Å². The summed E-state index contributed by atoms with van der Waals surface area (Å²) in [6.07, 6.45) is 1.46. The summed E-state index contributed by atoms with van der Waals surface area (Å²) in [6.45, 7) is 1.65. The number of nitrogens with two attached hydrogens (primary N) is 1. The average Bonchev–Trinajstić information content (AvgIpc) is 2.75. The maximum atomic E-state index is 11.8. The van der Waals surface area contributed by atoms with Crippen molar-refractivity contribution in [1.82, 2.24) is 15.1 Å². The molecule has 8 heteroatoms. The first-order valence-corrected chi connectivity index (χ1v) is 4.73. The highest BCUT2D eigenvalue weighted by Gasteiger charge is 2.10. The van der Waals surface area contributed by atoms with Crippen LogP contribution in [0.1, 0.15) is 16.2 Å². The van der Waals surface area contributed by atoms with Crippen LogP contribution in [-0.2, 0) is 0 Å². The predicted molar refractivity (Wildman–Crippen MR) is 59.0 cm³/mol. The molecule has 2 heterocycles. The largest absolute Gasteiger partial charge is 0.328 e. The molecule has 0 fully saturated rings. The van der Waals surface area contributed by atoms with Gasteiger partial charge >= 0.3 is 6.01 Å². The summed E-state index contributed by atoms with van der Waals surface area (Å²) in [5, 5.41) is 6.01. The van der Waals surface area contributed by atoms with Crippen LogP contribution in [0.2, 0.25) is 0 Å². The Morgan fingerprint density at radius 1 is 1.53 bits per heavy atom. The molecule has 0 aliphatic rings.